The summed E-state index contributed by atoms with van der Waals surface area (Å²) in [4.78, 5) is -0.0377. The van der Waals surface area contributed by atoms with Crippen LogP contribution in [0.1, 0.15) is 21.7 Å². The molecule has 18 heavy (non-hydrogen) atoms. The Labute approximate surface area is 111 Å². The Kier molecular flexibility index (Phi) is 3.80. The van der Waals surface area contributed by atoms with Gasteiger partial charge in [0.25, 0.3) is 0 Å². The maximum Gasteiger partial charge on any atom is 0.416 e. The zero-order valence-corrected chi connectivity index (χ0v) is 10.8. The van der Waals surface area contributed by atoms with Crippen LogP contribution in [0.5, 0.6) is 0 Å². The van der Waals surface area contributed by atoms with Gasteiger partial charge in [0.2, 0.25) is 0 Å². The smallest absolute Gasteiger partial charge is 0.416 e. The molecule has 1 aromatic carbocycles. The molecule has 0 aliphatic heterocycles. The molecule has 2 aromatic rings. The second-order valence-electron chi connectivity index (χ2n) is 3.88. The summed E-state index contributed by atoms with van der Waals surface area (Å²) < 4.78 is 42.4. The van der Waals surface area contributed by atoms with Crippen molar-refractivity contribution in [2.45, 2.75) is 17.4 Å². The maximum atomic E-state index is 12.4. The van der Waals surface area contributed by atoms with Gasteiger partial charge in [0.05, 0.1) is 16.7 Å². The average molecular weight is 319 g/mol. The molecule has 5 heteroatoms. The molecule has 2 rings (SSSR count). The maximum absolute atomic E-state index is 12.4. The van der Waals surface area contributed by atoms with E-state index in [1.807, 2.05) is 6.07 Å². The van der Waals surface area contributed by atoms with Crippen molar-refractivity contribution in [3.63, 3.8) is 0 Å². The lowest BCUT2D eigenvalue weighted by Crippen LogP contribution is -2.04. The van der Waals surface area contributed by atoms with Crippen molar-refractivity contribution >= 4 is 15.9 Å². The molecule has 0 aliphatic rings. The van der Waals surface area contributed by atoms with Crippen LogP contribution in [0.2, 0.25) is 0 Å². The first-order valence-electron chi connectivity index (χ1n) is 5.30. The molecule has 96 valence electrons. The van der Waals surface area contributed by atoms with Crippen LogP contribution in [0.25, 0.3) is 0 Å². The SMILES string of the molecule is FC(F)(F)c1ccc(CC(Br)c2ccco2)cc1. The number of furan rings is 1. The Morgan fingerprint density at radius 1 is 1.11 bits per heavy atom. The zero-order valence-electron chi connectivity index (χ0n) is 9.25. The normalized spacial score (nSPS) is 13.6. The first kappa shape index (κ1) is 13.2. The van der Waals surface area contributed by atoms with E-state index in [1.165, 1.54) is 12.1 Å². The van der Waals surface area contributed by atoms with Crippen molar-refractivity contribution < 1.29 is 17.6 Å². The van der Waals surface area contributed by atoms with Crippen LogP contribution in [0.3, 0.4) is 0 Å². The standard InChI is InChI=1S/C13H10BrF3O/c14-11(12-2-1-7-18-12)8-9-3-5-10(6-4-9)13(15,16)17/h1-7,11H,8H2. The van der Waals surface area contributed by atoms with E-state index in [2.05, 4.69) is 15.9 Å². The summed E-state index contributed by atoms with van der Waals surface area (Å²) in [6.07, 6.45) is -2.14. The third-order valence-electron chi connectivity index (χ3n) is 2.55. The van der Waals surface area contributed by atoms with E-state index in [1.54, 1.807) is 12.3 Å². The van der Waals surface area contributed by atoms with E-state index >= 15 is 0 Å². The van der Waals surface area contributed by atoms with E-state index in [9.17, 15) is 13.2 Å². The van der Waals surface area contributed by atoms with Crippen molar-refractivity contribution in [1.82, 2.24) is 0 Å². The lowest BCUT2D eigenvalue weighted by Gasteiger charge is -2.09. The third-order valence-corrected chi connectivity index (χ3v) is 3.32. The van der Waals surface area contributed by atoms with Gasteiger partial charge in [-0.25, -0.2) is 0 Å². The number of benzene rings is 1. The molecule has 1 heterocycles. The number of hydrogen-bond acceptors (Lipinski definition) is 1. The predicted octanol–water partition coefficient (Wildman–Crippen LogP) is 4.98. The molecule has 0 bridgehead atoms. The molecule has 1 unspecified atom stereocenters. The summed E-state index contributed by atoms with van der Waals surface area (Å²) >= 11 is 3.44. The van der Waals surface area contributed by atoms with Gasteiger partial charge in [0.1, 0.15) is 5.76 Å². The summed E-state index contributed by atoms with van der Waals surface area (Å²) in [7, 11) is 0. The van der Waals surface area contributed by atoms with E-state index in [-0.39, 0.29) is 4.83 Å². The van der Waals surface area contributed by atoms with Gasteiger partial charge < -0.3 is 4.42 Å². The van der Waals surface area contributed by atoms with Crippen molar-refractivity contribution in [1.29, 1.82) is 0 Å². The molecule has 0 aliphatic carbocycles. The van der Waals surface area contributed by atoms with Crippen molar-refractivity contribution in [2.75, 3.05) is 0 Å². The van der Waals surface area contributed by atoms with Gasteiger partial charge in [-0.1, -0.05) is 28.1 Å². The Hall–Kier alpha value is -1.23. The highest BCUT2D eigenvalue weighted by Crippen LogP contribution is 2.31. The summed E-state index contributed by atoms with van der Waals surface area (Å²) in [6.45, 7) is 0. The average Bonchev–Trinajstić information content (AvgIpc) is 2.82. The van der Waals surface area contributed by atoms with Gasteiger partial charge in [0.15, 0.2) is 0 Å². The summed E-state index contributed by atoms with van der Waals surface area (Å²) in [5.74, 6) is 0.759. The Bertz CT molecular complexity index is 488. The minimum absolute atomic E-state index is 0.0377. The van der Waals surface area contributed by atoms with E-state index in [4.69, 9.17) is 4.42 Å². The predicted molar refractivity (Wildman–Crippen MR) is 65.5 cm³/mol. The van der Waals surface area contributed by atoms with Crippen LogP contribution in [0.4, 0.5) is 13.2 Å². The highest BCUT2D eigenvalue weighted by Gasteiger charge is 2.29. The summed E-state index contributed by atoms with van der Waals surface area (Å²) in [6, 6.07) is 8.76. The Morgan fingerprint density at radius 3 is 2.28 bits per heavy atom. The van der Waals surface area contributed by atoms with Crippen molar-refractivity contribution in [2.24, 2.45) is 0 Å². The quantitative estimate of drug-likeness (QED) is 0.728. The molecule has 0 radical (unpaired) electrons. The van der Waals surface area contributed by atoms with E-state index in [0.717, 1.165) is 23.5 Å². The van der Waals surface area contributed by atoms with Crippen LogP contribution in [-0.4, -0.2) is 0 Å². The van der Waals surface area contributed by atoms with Crippen LogP contribution in [-0.2, 0) is 12.6 Å². The topological polar surface area (TPSA) is 13.1 Å². The largest absolute Gasteiger partial charge is 0.468 e. The second kappa shape index (κ2) is 5.18. The van der Waals surface area contributed by atoms with Crippen LogP contribution in [0, 0.1) is 0 Å². The van der Waals surface area contributed by atoms with Gasteiger partial charge in [-0.2, -0.15) is 13.2 Å². The van der Waals surface area contributed by atoms with Crippen LogP contribution in [0.15, 0.2) is 47.1 Å². The fraction of sp³-hybridized carbons (Fsp3) is 0.231. The lowest BCUT2D eigenvalue weighted by atomic mass is 10.1. The minimum atomic E-state index is -4.28. The molecule has 0 spiro atoms. The minimum Gasteiger partial charge on any atom is -0.468 e. The number of halogens is 4. The molecule has 0 fully saturated rings. The molecular formula is C13H10BrF3O. The van der Waals surface area contributed by atoms with Gasteiger partial charge in [-0.3, -0.25) is 0 Å². The monoisotopic (exact) mass is 318 g/mol. The zero-order chi connectivity index (χ0) is 13.2. The first-order chi connectivity index (χ1) is 8.47. The Balaban J connectivity index is 2.07. The molecule has 0 amide bonds. The van der Waals surface area contributed by atoms with Gasteiger partial charge >= 0.3 is 6.18 Å². The molecular weight excluding hydrogens is 309 g/mol. The van der Waals surface area contributed by atoms with E-state index < -0.39 is 11.7 Å². The van der Waals surface area contributed by atoms with Crippen LogP contribution < -0.4 is 0 Å². The summed E-state index contributed by atoms with van der Waals surface area (Å²) in [5, 5.41) is 0. The first-order valence-corrected chi connectivity index (χ1v) is 6.22. The van der Waals surface area contributed by atoms with Crippen LogP contribution >= 0.6 is 15.9 Å². The molecule has 0 saturated carbocycles. The fourth-order valence-corrected chi connectivity index (χ4v) is 2.24. The van der Waals surface area contributed by atoms with E-state index in [0.29, 0.717) is 6.42 Å². The highest BCUT2D eigenvalue weighted by atomic mass is 79.9. The molecule has 0 saturated heterocycles. The van der Waals surface area contributed by atoms with Gasteiger partial charge in [-0.15, -0.1) is 0 Å². The lowest BCUT2D eigenvalue weighted by molar-refractivity contribution is -0.137. The fourth-order valence-electron chi connectivity index (χ4n) is 1.61. The number of hydrogen-bond donors (Lipinski definition) is 0. The highest BCUT2D eigenvalue weighted by molar-refractivity contribution is 9.09. The van der Waals surface area contributed by atoms with Crippen molar-refractivity contribution in [3.8, 4) is 0 Å². The third kappa shape index (κ3) is 3.16. The molecule has 1 aromatic heterocycles. The van der Waals surface area contributed by atoms with Gasteiger partial charge in [-0.05, 0) is 36.2 Å². The van der Waals surface area contributed by atoms with Gasteiger partial charge in [0, 0.05) is 0 Å². The number of alkyl halides is 4. The van der Waals surface area contributed by atoms with Crippen molar-refractivity contribution in [3.05, 3.63) is 59.5 Å². The molecule has 0 N–H and O–H groups in total. The molecule has 1 nitrogen and oxygen atoms in total. The second-order valence-corrected chi connectivity index (χ2v) is 4.99. The summed E-state index contributed by atoms with van der Waals surface area (Å²) in [5.41, 5.74) is 0.191. The Morgan fingerprint density at radius 2 is 1.78 bits per heavy atom. The molecule has 1 atom stereocenters. The number of rotatable bonds is 3.